The molecule has 0 saturated heterocycles. The van der Waals surface area contributed by atoms with Gasteiger partial charge in [-0.25, -0.2) is 0 Å². The molecule has 0 aliphatic carbocycles. The Labute approximate surface area is 145 Å². The minimum absolute atomic E-state index is 0.0675. The van der Waals surface area contributed by atoms with Gasteiger partial charge in [-0.15, -0.1) is 0 Å². The van der Waals surface area contributed by atoms with Gasteiger partial charge in [0.25, 0.3) is 5.69 Å². The maximum atomic E-state index is 10.6. The summed E-state index contributed by atoms with van der Waals surface area (Å²) >= 11 is 13.4. The molecule has 0 spiro atoms. The van der Waals surface area contributed by atoms with Crippen molar-refractivity contribution in [2.24, 2.45) is 0 Å². The Bertz CT molecular complexity index is 694. The van der Waals surface area contributed by atoms with E-state index in [1.165, 1.54) is 18.2 Å². The number of nitro benzene ring substituents is 1. The molecule has 2 rings (SSSR count). The van der Waals surface area contributed by atoms with Gasteiger partial charge in [0.1, 0.15) is 0 Å². The second-order valence-electron chi connectivity index (χ2n) is 4.01. The summed E-state index contributed by atoms with van der Waals surface area (Å²) < 4.78 is 1.12. The Morgan fingerprint density at radius 3 is 2.43 bits per heavy atom. The first-order valence-electron chi connectivity index (χ1n) is 5.73. The van der Waals surface area contributed by atoms with Crippen LogP contribution in [-0.4, -0.2) is 10.0 Å². The van der Waals surface area contributed by atoms with Crippen LogP contribution in [0.15, 0.2) is 42.5 Å². The van der Waals surface area contributed by atoms with Crippen molar-refractivity contribution in [3.8, 4) is 0 Å². The third-order valence-electron chi connectivity index (χ3n) is 2.51. The van der Waals surface area contributed by atoms with Gasteiger partial charge in [0.2, 0.25) is 0 Å². The van der Waals surface area contributed by atoms with E-state index in [-0.39, 0.29) is 10.7 Å². The highest BCUT2D eigenvalue weighted by Crippen LogP contribution is 2.26. The van der Waals surface area contributed by atoms with Crippen LogP contribution in [0.4, 0.5) is 17.1 Å². The molecule has 0 fully saturated rings. The van der Waals surface area contributed by atoms with Crippen LogP contribution in [0.1, 0.15) is 0 Å². The number of thiocarbonyl (C=S) groups is 1. The molecule has 0 heterocycles. The van der Waals surface area contributed by atoms with Crippen LogP contribution in [0.5, 0.6) is 0 Å². The van der Waals surface area contributed by atoms with Gasteiger partial charge < -0.3 is 10.6 Å². The van der Waals surface area contributed by atoms with E-state index in [1.807, 2.05) is 24.3 Å². The molecular formula is C13H9ClIN3O2S. The summed E-state index contributed by atoms with van der Waals surface area (Å²) in [4.78, 5) is 10.1. The summed E-state index contributed by atoms with van der Waals surface area (Å²) in [6.45, 7) is 0. The second-order valence-corrected chi connectivity index (χ2v) is 6.07. The number of nitrogens with zero attached hydrogens (tertiary/aromatic N) is 1. The molecule has 0 aliphatic rings. The lowest BCUT2D eigenvalue weighted by atomic mass is 10.3. The quantitative estimate of drug-likeness (QED) is 0.319. The smallest absolute Gasteiger partial charge is 0.271 e. The molecule has 5 nitrogen and oxygen atoms in total. The van der Waals surface area contributed by atoms with Crippen molar-refractivity contribution in [1.82, 2.24) is 0 Å². The fourth-order valence-corrected chi connectivity index (χ4v) is 2.35. The van der Waals surface area contributed by atoms with E-state index in [0.717, 1.165) is 9.26 Å². The lowest BCUT2D eigenvalue weighted by Crippen LogP contribution is -2.19. The van der Waals surface area contributed by atoms with Crippen LogP contribution < -0.4 is 10.6 Å². The number of hydrogen-bond donors (Lipinski definition) is 2. The zero-order valence-electron chi connectivity index (χ0n) is 10.5. The number of halogens is 2. The van der Waals surface area contributed by atoms with Gasteiger partial charge in [0.15, 0.2) is 5.11 Å². The molecule has 2 N–H and O–H groups in total. The number of benzene rings is 2. The normalized spacial score (nSPS) is 10.0. The van der Waals surface area contributed by atoms with Crippen LogP contribution in [0, 0.1) is 13.7 Å². The highest BCUT2D eigenvalue weighted by Gasteiger charge is 2.10. The number of hydrogen-bond acceptors (Lipinski definition) is 3. The van der Waals surface area contributed by atoms with Crippen molar-refractivity contribution >= 4 is 68.6 Å². The van der Waals surface area contributed by atoms with E-state index >= 15 is 0 Å². The molecule has 0 atom stereocenters. The van der Waals surface area contributed by atoms with Gasteiger partial charge in [0, 0.05) is 21.4 Å². The van der Waals surface area contributed by atoms with Crippen molar-refractivity contribution in [3.05, 3.63) is 61.2 Å². The van der Waals surface area contributed by atoms with Crippen LogP contribution in [0.3, 0.4) is 0 Å². The van der Waals surface area contributed by atoms with Crippen LogP contribution in [0.25, 0.3) is 0 Å². The molecule has 108 valence electrons. The monoisotopic (exact) mass is 433 g/mol. The van der Waals surface area contributed by atoms with E-state index in [9.17, 15) is 10.1 Å². The van der Waals surface area contributed by atoms with Crippen molar-refractivity contribution in [2.45, 2.75) is 0 Å². The standard InChI is InChI=1S/C13H9ClIN3O2S/c14-11-7-10(18(19)20)5-6-12(11)17-13(21)16-9-3-1-8(15)2-4-9/h1-7H,(H2,16,17,21). The molecule has 0 amide bonds. The first-order chi connectivity index (χ1) is 9.95. The van der Waals surface area contributed by atoms with Crippen molar-refractivity contribution < 1.29 is 4.92 Å². The first-order valence-corrected chi connectivity index (χ1v) is 7.60. The largest absolute Gasteiger partial charge is 0.332 e. The predicted molar refractivity (Wildman–Crippen MR) is 97.1 cm³/mol. The topological polar surface area (TPSA) is 67.2 Å². The van der Waals surface area contributed by atoms with E-state index in [1.54, 1.807) is 0 Å². The van der Waals surface area contributed by atoms with E-state index in [0.29, 0.717) is 10.8 Å². The SMILES string of the molecule is O=[N+]([O-])c1ccc(NC(=S)Nc2ccc(I)cc2)c(Cl)c1. The summed E-state index contributed by atoms with van der Waals surface area (Å²) in [5.74, 6) is 0. The average Bonchev–Trinajstić information content (AvgIpc) is 2.43. The summed E-state index contributed by atoms with van der Waals surface area (Å²) in [7, 11) is 0. The predicted octanol–water partition coefficient (Wildman–Crippen LogP) is 4.66. The lowest BCUT2D eigenvalue weighted by Gasteiger charge is -2.11. The minimum atomic E-state index is -0.502. The molecular weight excluding hydrogens is 425 g/mol. The summed E-state index contributed by atoms with van der Waals surface area (Å²) in [5.41, 5.74) is 1.28. The van der Waals surface area contributed by atoms with Gasteiger partial charge >= 0.3 is 0 Å². The summed E-state index contributed by atoms with van der Waals surface area (Å²) in [6, 6.07) is 11.8. The molecule has 0 bridgehead atoms. The molecule has 0 aliphatic heterocycles. The molecule has 0 radical (unpaired) electrons. The lowest BCUT2D eigenvalue weighted by molar-refractivity contribution is -0.384. The number of rotatable bonds is 3. The highest BCUT2D eigenvalue weighted by atomic mass is 127. The zero-order chi connectivity index (χ0) is 15.4. The molecule has 21 heavy (non-hydrogen) atoms. The van der Waals surface area contributed by atoms with Gasteiger partial charge in [-0.1, -0.05) is 11.6 Å². The Morgan fingerprint density at radius 1 is 1.19 bits per heavy atom. The molecule has 2 aromatic carbocycles. The number of nitrogens with one attached hydrogen (secondary N) is 2. The van der Waals surface area contributed by atoms with Crippen LogP contribution in [-0.2, 0) is 0 Å². The molecule has 8 heteroatoms. The van der Waals surface area contributed by atoms with Crippen LogP contribution >= 0.6 is 46.4 Å². The molecule has 0 saturated carbocycles. The maximum Gasteiger partial charge on any atom is 0.271 e. The molecule has 2 aromatic rings. The third-order valence-corrected chi connectivity index (χ3v) is 3.75. The average molecular weight is 434 g/mol. The Hall–Kier alpha value is -1.45. The molecule has 0 unspecified atom stereocenters. The fourth-order valence-electron chi connectivity index (χ4n) is 1.54. The zero-order valence-corrected chi connectivity index (χ0v) is 14.2. The van der Waals surface area contributed by atoms with E-state index in [4.69, 9.17) is 23.8 Å². The fraction of sp³-hybridized carbons (Fsp3) is 0. The van der Waals surface area contributed by atoms with E-state index < -0.39 is 4.92 Å². The van der Waals surface area contributed by atoms with Gasteiger partial charge in [-0.2, -0.15) is 0 Å². The highest BCUT2D eigenvalue weighted by molar-refractivity contribution is 14.1. The number of nitro groups is 1. The first kappa shape index (κ1) is 15.9. The minimum Gasteiger partial charge on any atom is -0.332 e. The van der Waals surface area contributed by atoms with Gasteiger partial charge in [0.05, 0.1) is 15.6 Å². The number of non-ortho nitro benzene ring substituents is 1. The van der Waals surface area contributed by atoms with Crippen molar-refractivity contribution in [2.75, 3.05) is 10.6 Å². The van der Waals surface area contributed by atoms with Gasteiger partial charge in [-0.3, -0.25) is 10.1 Å². The number of anilines is 2. The second kappa shape index (κ2) is 7.01. The van der Waals surface area contributed by atoms with Crippen molar-refractivity contribution in [3.63, 3.8) is 0 Å². The third kappa shape index (κ3) is 4.51. The van der Waals surface area contributed by atoms with Crippen LogP contribution in [0.2, 0.25) is 5.02 Å². The van der Waals surface area contributed by atoms with Gasteiger partial charge in [-0.05, 0) is 65.1 Å². The Balaban J connectivity index is 2.06. The Morgan fingerprint density at radius 2 is 1.86 bits per heavy atom. The van der Waals surface area contributed by atoms with Crippen molar-refractivity contribution in [1.29, 1.82) is 0 Å². The summed E-state index contributed by atoms with van der Waals surface area (Å²) in [5, 5.41) is 17.1. The molecule has 0 aromatic heterocycles. The summed E-state index contributed by atoms with van der Waals surface area (Å²) in [6.07, 6.45) is 0. The Kier molecular flexibility index (Phi) is 5.32. The maximum absolute atomic E-state index is 10.6. The van der Waals surface area contributed by atoms with E-state index in [2.05, 4.69) is 33.2 Å².